The van der Waals surface area contributed by atoms with E-state index in [0.717, 1.165) is 19.4 Å². The second-order valence-electron chi connectivity index (χ2n) is 6.37. The van der Waals surface area contributed by atoms with E-state index < -0.39 is 0 Å². The molecule has 25 heavy (non-hydrogen) atoms. The maximum absolute atomic E-state index is 12.7. The van der Waals surface area contributed by atoms with E-state index in [2.05, 4.69) is 10.4 Å². The van der Waals surface area contributed by atoms with Crippen LogP contribution in [-0.4, -0.2) is 46.0 Å². The van der Waals surface area contributed by atoms with Crippen LogP contribution in [0.5, 0.6) is 0 Å². The molecule has 1 amide bonds. The average molecular weight is 361 g/mol. The number of likely N-dealkylation sites (tertiary alicyclic amines) is 1. The minimum atomic E-state index is -0.116. The summed E-state index contributed by atoms with van der Waals surface area (Å²) in [5.74, 6) is 0.415. The van der Waals surface area contributed by atoms with Gasteiger partial charge in [0.15, 0.2) is 11.6 Å². The monoisotopic (exact) mass is 360 g/mol. The number of hydrogen-bond acceptors (Lipinski definition) is 4. The van der Waals surface area contributed by atoms with Gasteiger partial charge in [0.1, 0.15) is 0 Å². The van der Waals surface area contributed by atoms with Crippen molar-refractivity contribution in [3.8, 4) is 0 Å². The quantitative estimate of drug-likeness (QED) is 0.832. The fourth-order valence-electron chi connectivity index (χ4n) is 3.16. The molecule has 1 fully saturated rings. The molecule has 3 rings (SSSR count). The average Bonchev–Trinajstić information content (AvgIpc) is 2.99. The van der Waals surface area contributed by atoms with E-state index in [0.29, 0.717) is 22.9 Å². The molecule has 0 aliphatic carbocycles. The smallest absolute Gasteiger partial charge is 0.239 e. The number of ketones is 1. The van der Waals surface area contributed by atoms with E-state index >= 15 is 0 Å². The molecular weight excluding hydrogens is 340 g/mol. The molecule has 1 unspecified atom stereocenters. The highest BCUT2D eigenvalue weighted by molar-refractivity contribution is 6.31. The number of carbonyl (C=O) groups excluding carboxylic acids is 2. The van der Waals surface area contributed by atoms with Crippen molar-refractivity contribution in [3.63, 3.8) is 0 Å². The number of aryl methyl sites for hydroxylation is 1. The maximum Gasteiger partial charge on any atom is 0.239 e. The number of rotatable bonds is 5. The SMILES string of the molecule is Cn1ccc(NC(=O)CN2CCCC(C(=O)c3cccc(Cl)c3)C2)n1. The predicted molar refractivity (Wildman–Crippen MR) is 96.8 cm³/mol. The first-order chi connectivity index (χ1) is 12.0. The van der Waals surface area contributed by atoms with E-state index in [-0.39, 0.29) is 24.2 Å². The fourth-order valence-corrected chi connectivity index (χ4v) is 3.35. The summed E-state index contributed by atoms with van der Waals surface area (Å²) in [7, 11) is 1.80. The van der Waals surface area contributed by atoms with Crippen molar-refractivity contribution >= 4 is 29.1 Å². The second-order valence-corrected chi connectivity index (χ2v) is 6.81. The van der Waals surface area contributed by atoms with Crippen molar-refractivity contribution in [2.45, 2.75) is 12.8 Å². The minimum Gasteiger partial charge on any atom is -0.308 e. The largest absolute Gasteiger partial charge is 0.308 e. The summed E-state index contributed by atoms with van der Waals surface area (Å²) in [5, 5.41) is 7.48. The van der Waals surface area contributed by atoms with Crippen molar-refractivity contribution < 1.29 is 9.59 Å². The van der Waals surface area contributed by atoms with E-state index in [9.17, 15) is 9.59 Å². The first-order valence-corrected chi connectivity index (χ1v) is 8.70. The zero-order valence-electron chi connectivity index (χ0n) is 14.1. The zero-order valence-corrected chi connectivity index (χ0v) is 14.9. The Morgan fingerprint density at radius 3 is 2.92 bits per heavy atom. The Bertz CT molecular complexity index is 774. The van der Waals surface area contributed by atoms with Crippen LogP contribution in [-0.2, 0) is 11.8 Å². The van der Waals surface area contributed by atoms with Crippen LogP contribution >= 0.6 is 11.6 Å². The summed E-state index contributed by atoms with van der Waals surface area (Å²) in [5.41, 5.74) is 0.636. The number of Topliss-reactive ketones (excluding diaryl/α,β-unsaturated/α-hetero) is 1. The molecule has 2 heterocycles. The summed E-state index contributed by atoms with van der Waals surface area (Å²) in [6.45, 7) is 1.66. The molecular formula is C18H21ClN4O2. The number of benzene rings is 1. The molecule has 1 aromatic heterocycles. The van der Waals surface area contributed by atoms with Gasteiger partial charge in [0.2, 0.25) is 5.91 Å². The van der Waals surface area contributed by atoms with Crippen molar-refractivity contribution in [1.82, 2.24) is 14.7 Å². The fraction of sp³-hybridized carbons (Fsp3) is 0.389. The van der Waals surface area contributed by atoms with Crippen LogP contribution in [0.25, 0.3) is 0 Å². The number of piperidine rings is 1. The van der Waals surface area contributed by atoms with Crippen LogP contribution in [0.1, 0.15) is 23.2 Å². The predicted octanol–water partition coefficient (Wildman–Crippen LogP) is 2.61. The molecule has 6 nitrogen and oxygen atoms in total. The van der Waals surface area contributed by atoms with Gasteiger partial charge in [-0.3, -0.25) is 19.2 Å². The Morgan fingerprint density at radius 2 is 2.20 bits per heavy atom. The standard InChI is InChI=1S/C18H21ClN4O2/c1-22-9-7-16(21-22)20-17(24)12-23-8-3-5-14(11-23)18(25)13-4-2-6-15(19)10-13/h2,4,6-7,9-10,14H,3,5,8,11-12H2,1H3,(H,20,21,24). The van der Waals surface area contributed by atoms with Crippen molar-refractivity contribution in [1.29, 1.82) is 0 Å². The molecule has 1 saturated heterocycles. The first-order valence-electron chi connectivity index (χ1n) is 8.33. The molecule has 1 aliphatic heterocycles. The van der Waals surface area contributed by atoms with Crippen LogP contribution in [0.4, 0.5) is 5.82 Å². The Hall–Kier alpha value is -2.18. The minimum absolute atomic E-state index is 0.0948. The Balaban J connectivity index is 1.57. The van der Waals surface area contributed by atoms with Crippen LogP contribution in [0.2, 0.25) is 5.02 Å². The Morgan fingerprint density at radius 1 is 1.36 bits per heavy atom. The molecule has 1 N–H and O–H groups in total. The van der Waals surface area contributed by atoms with Gasteiger partial charge < -0.3 is 5.32 Å². The molecule has 1 aromatic carbocycles. The van der Waals surface area contributed by atoms with Crippen LogP contribution in [0.3, 0.4) is 0 Å². The third-order valence-electron chi connectivity index (χ3n) is 4.33. The Kier molecular flexibility index (Phi) is 5.50. The second kappa shape index (κ2) is 7.80. The third kappa shape index (κ3) is 4.67. The first kappa shape index (κ1) is 17.6. The van der Waals surface area contributed by atoms with Crippen LogP contribution < -0.4 is 5.32 Å². The third-order valence-corrected chi connectivity index (χ3v) is 4.57. The van der Waals surface area contributed by atoms with Gasteiger partial charge in [-0.25, -0.2) is 0 Å². The van der Waals surface area contributed by atoms with Crippen molar-refractivity contribution in [3.05, 3.63) is 47.1 Å². The van der Waals surface area contributed by atoms with Crippen LogP contribution in [0, 0.1) is 5.92 Å². The van der Waals surface area contributed by atoms with E-state index in [1.54, 1.807) is 48.3 Å². The lowest BCUT2D eigenvalue weighted by molar-refractivity contribution is -0.117. The number of carbonyl (C=O) groups is 2. The van der Waals surface area contributed by atoms with Crippen molar-refractivity contribution in [2.24, 2.45) is 13.0 Å². The van der Waals surface area contributed by atoms with Gasteiger partial charge in [0, 0.05) is 42.4 Å². The molecule has 0 saturated carbocycles. The summed E-state index contributed by atoms with van der Waals surface area (Å²) >= 11 is 5.98. The number of halogens is 1. The summed E-state index contributed by atoms with van der Waals surface area (Å²) < 4.78 is 1.64. The van der Waals surface area contributed by atoms with Crippen LogP contribution in [0.15, 0.2) is 36.5 Å². The maximum atomic E-state index is 12.7. The summed E-state index contributed by atoms with van der Waals surface area (Å²) in [4.78, 5) is 26.9. The number of nitrogens with one attached hydrogen (secondary N) is 1. The zero-order chi connectivity index (χ0) is 17.8. The van der Waals surface area contributed by atoms with Crippen molar-refractivity contribution in [2.75, 3.05) is 25.0 Å². The number of nitrogens with zero attached hydrogens (tertiary/aromatic N) is 3. The summed E-state index contributed by atoms with van der Waals surface area (Å²) in [6, 6.07) is 8.79. The molecule has 7 heteroatoms. The van der Waals surface area contributed by atoms with Gasteiger partial charge in [-0.15, -0.1) is 0 Å². The molecule has 1 atom stereocenters. The van der Waals surface area contributed by atoms with Gasteiger partial charge in [-0.1, -0.05) is 23.7 Å². The van der Waals surface area contributed by atoms with E-state index in [4.69, 9.17) is 11.6 Å². The molecule has 132 valence electrons. The number of anilines is 1. The molecule has 0 spiro atoms. The van der Waals surface area contributed by atoms with Gasteiger partial charge in [0.25, 0.3) is 0 Å². The lowest BCUT2D eigenvalue weighted by Gasteiger charge is -2.31. The van der Waals surface area contributed by atoms with Gasteiger partial charge in [0.05, 0.1) is 6.54 Å². The molecule has 1 aliphatic rings. The van der Waals surface area contributed by atoms with E-state index in [1.807, 2.05) is 4.90 Å². The normalized spacial score (nSPS) is 18.1. The highest BCUT2D eigenvalue weighted by Gasteiger charge is 2.27. The number of hydrogen-bond donors (Lipinski definition) is 1. The topological polar surface area (TPSA) is 67.2 Å². The highest BCUT2D eigenvalue weighted by Crippen LogP contribution is 2.22. The molecule has 0 radical (unpaired) electrons. The van der Waals surface area contributed by atoms with Gasteiger partial charge in [-0.2, -0.15) is 5.10 Å². The highest BCUT2D eigenvalue weighted by atomic mass is 35.5. The molecule has 0 bridgehead atoms. The number of aromatic nitrogens is 2. The van der Waals surface area contributed by atoms with E-state index in [1.165, 1.54) is 0 Å². The number of amides is 1. The lowest BCUT2D eigenvalue weighted by atomic mass is 9.90. The van der Waals surface area contributed by atoms with Gasteiger partial charge >= 0.3 is 0 Å². The molecule has 2 aromatic rings. The lowest BCUT2D eigenvalue weighted by Crippen LogP contribution is -2.42. The Labute approximate surface area is 151 Å². The summed E-state index contributed by atoms with van der Waals surface area (Å²) in [6.07, 6.45) is 3.51. The van der Waals surface area contributed by atoms with Gasteiger partial charge in [-0.05, 0) is 31.5 Å².